The zero-order valence-electron chi connectivity index (χ0n) is 26.2. The maximum absolute atomic E-state index is 12.8. The molecular weight excluding hydrogens is 605 g/mol. The minimum atomic E-state index is -4.77. The van der Waals surface area contributed by atoms with Crippen molar-refractivity contribution in [1.82, 2.24) is 29.1 Å². The normalized spacial score (nSPS) is 18.5. The first-order valence-corrected chi connectivity index (χ1v) is 16.9. The number of benzene rings is 1. The van der Waals surface area contributed by atoms with Crippen molar-refractivity contribution < 1.29 is 26.3 Å². The lowest BCUT2D eigenvalue weighted by molar-refractivity contribution is -0.274. The number of pyridine rings is 1. The Labute approximate surface area is 261 Å². The third-order valence-electron chi connectivity index (χ3n) is 9.48. The lowest BCUT2D eigenvalue weighted by Crippen LogP contribution is -2.51. The van der Waals surface area contributed by atoms with E-state index in [4.69, 9.17) is 4.98 Å². The average Bonchev–Trinajstić information content (AvgIpc) is 3.54. The zero-order chi connectivity index (χ0) is 32.4. The highest BCUT2D eigenvalue weighted by Gasteiger charge is 2.48. The van der Waals surface area contributed by atoms with E-state index in [0.29, 0.717) is 24.3 Å². The van der Waals surface area contributed by atoms with Gasteiger partial charge in [-0.05, 0) is 95.1 Å². The molecule has 242 valence electrons. The smallest absolute Gasteiger partial charge is 0.406 e. The molecule has 0 unspecified atom stereocenters. The van der Waals surface area contributed by atoms with E-state index in [1.807, 2.05) is 13.2 Å². The van der Waals surface area contributed by atoms with Gasteiger partial charge in [0, 0.05) is 54.6 Å². The van der Waals surface area contributed by atoms with E-state index >= 15 is 0 Å². The van der Waals surface area contributed by atoms with Crippen LogP contribution in [-0.4, -0.2) is 88.1 Å². The van der Waals surface area contributed by atoms with Crippen LogP contribution in [0, 0.1) is 0 Å². The van der Waals surface area contributed by atoms with Gasteiger partial charge in [-0.3, -0.25) is 19.0 Å². The Morgan fingerprint density at radius 3 is 2.27 bits per heavy atom. The van der Waals surface area contributed by atoms with Crippen LogP contribution < -0.4 is 4.74 Å². The molecule has 6 rings (SSSR count). The second-order valence-corrected chi connectivity index (χ2v) is 15.4. The summed E-state index contributed by atoms with van der Waals surface area (Å²) < 4.78 is 70.5. The predicted octanol–water partition coefficient (Wildman–Crippen LogP) is 5.32. The molecule has 1 saturated heterocycles. The molecule has 0 atom stereocenters. The van der Waals surface area contributed by atoms with Gasteiger partial charge in [-0.1, -0.05) is 0 Å². The van der Waals surface area contributed by atoms with Gasteiger partial charge >= 0.3 is 6.36 Å². The molecule has 0 N–H and O–H groups in total. The predicted molar refractivity (Wildman–Crippen MR) is 167 cm³/mol. The van der Waals surface area contributed by atoms with E-state index in [2.05, 4.69) is 64.4 Å². The standard InChI is InChI=1S/C32H39F3N6O3S/c1-30(2,40-14-16-45(42,43)17-15-40)11-10-23-20-41(24-19-36-39(5)21-24)29-28(23)26(31(12-13-31)38(3)4)18-27(37-29)22-6-8-25(9-7-22)44-32(33,34)35/h6-9,18-21H,10-17H2,1-5H3. The molecule has 45 heavy (non-hydrogen) atoms. The number of hydrogen-bond donors (Lipinski definition) is 0. The third-order valence-corrected chi connectivity index (χ3v) is 11.1. The highest BCUT2D eigenvalue weighted by atomic mass is 32.2. The fourth-order valence-corrected chi connectivity index (χ4v) is 7.76. The lowest BCUT2D eigenvalue weighted by Gasteiger charge is -2.41. The van der Waals surface area contributed by atoms with Crippen molar-refractivity contribution in [3.05, 3.63) is 60.0 Å². The van der Waals surface area contributed by atoms with Crippen LogP contribution in [0.25, 0.3) is 28.0 Å². The van der Waals surface area contributed by atoms with Gasteiger partial charge in [-0.2, -0.15) is 5.10 Å². The van der Waals surface area contributed by atoms with Gasteiger partial charge < -0.3 is 4.74 Å². The van der Waals surface area contributed by atoms with Crippen molar-refractivity contribution in [2.24, 2.45) is 7.05 Å². The monoisotopic (exact) mass is 644 g/mol. The van der Waals surface area contributed by atoms with E-state index in [1.165, 1.54) is 12.1 Å². The van der Waals surface area contributed by atoms with Crippen LogP contribution in [0.4, 0.5) is 13.2 Å². The third kappa shape index (κ3) is 6.34. The maximum atomic E-state index is 12.8. The Morgan fingerprint density at radius 2 is 1.71 bits per heavy atom. The van der Waals surface area contributed by atoms with Crippen LogP contribution in [-0.2, 0) is 28.8 Å². The molecule has 1 saturated carbocycles. The highest BCUT2D eigenvalue weighted by Crippen LogP contribution is 2.53. The fourth-order valence-electron chi connectivity index (χ4n) is 6.56. The van der Waals surface area contributed by atoms with Gasteiger partial charge in [0.1, 0.15) is 11.4 Å². The molecule has 2 fully saturated rings. The molecule has 9 nitrogen and oxygen atoms in total. The Kier molecular flexibility index (Phi) is 7.80. The molecule has 2 aliphatic rings. The van der Waals surface area contributed by atoms with Crippen molar-refractivity contribution in [3.8, 4) is 22.7 Å². The molecule has 3 aromatic heterocycles. The van der Waals surface area contributed by atoms with Crippen molar-refractivity contribution in [2.75, 3.05) is 38.7 Å². The van der Waals surface area contributed by atoms with Gasteiger partial charge in [-0.15, -0.1) is 13.2 Å². The minimum absolute atomic E-state index is 0.183. The van der Waals surface area contributed by atoms with Gasteiger partial charge in [0.25, 0.3) is 0 Å². The Bertz CT molecular complexity index is 1810. The number of hydrogen-bond acceptors (Lipinski definition) is 7. The molecule has 0 radical (unpaired) electrons. The molecule has 4 aromatic rings. The van der Waals surface area contributed by atoms with E-state index < -0.39 is 16.2 Å². The number of nitrogens with zero attached hydrogens (tertiary/aromatic N) is 6. The van der Waals surface area contributed by atoms with Crippen molar-refractivity contribution >= 4 is 20.9 Å². The van der Waals surface area contributed by atoms with E-state index in [-0.39, 0.29) is 28.3 Å². The second kappa shape index (κ2) is 11.1. The molecular formula is C32H39F3N6O3S. The Hall–Kier alpha value is -3.42. The van der Waals surface area contributed by atoms with Crippen molar-refractivity contribution in [1.29, 1.82) is 0 Å². The van der Waals surface area contributed by atoms with Gasteiger partial charge in [0.05, 0.1) is 29.1 Å². The number of aromatic nitrogens is 4. The van der Waals surface area contributed by atoms with E-state index in [9.17, 15) is 21.6 Å². The van der Waals surface area contributed by atoms with Crippen molar-refractivity contribution in [3.63, 3.8) is 0 Å². The number of rotatable bonds is 9. The van der Waals surface area contributed by atoms with Crippen molar-refractivity contribution in [2.45, 2.75) is 57.0 Å². The summed E-state index contributed by atoms with van der Waals surface area (Å²) in [6.07, 6.45) is 4.60. The van der Waals surface area contributed by atoms with Crippen LogP contribution in [0.15, 0.2) is 48.9 Å². The van der Waals surface area contributed by atoms with Crippen LogP contribution in [0.1, 0.15) is 44.2 Å². The van der Waals surface area contributed by atoms with Crippen LogP contribution >= 0.6 is 0 Å². The van der Waals surface area contributed by atoms with E-state index in [0.717, 1.165) is 53.5 Å². The summed E-state index contributed by atoms with van der Waals surface area (Å²) in [5, 5.41) is 5.47. The molecule has 4 heterocycles. The quantitative estimate of drug-likeness (QED) is 0.244. The van der Waals surface area contributed by atoms with Gasteiger partial charge in [0.2, 0.25) is 0 Å². The number of halogens is 3. The molecule has 0 bridgehead atoms. The number of ether oxygens (including phenoxy) is 1. The summed E-state index contributed by atoms with van der Waals surface area (Å²) in [4.78, 5) is 9.66. The highest BCUT2D eigenvalue weighted by molar-refractivity contribution is 7.91. The van der Waals surface area contributed by atoms with Crippen LogP contribution in [0.3, 0.4) is 0 Å². The fraction of sp³-hybridized carbons (Fsp3) is 0.500. The molecule has 13 heteroatoms. The first-order chi connectivity index (χ1) is 21.1. The summed E-state index contributed by atoms with van der Waals surface area (Å²) in [7, 11) is 3.03. The molecule has 0 spiro atoms. The second-order valence-electron chi connectivity index (χ2n) is 13.1. The van der Waals surface area contributed by atoms with Crippen LogP contribution in [0.2, 0.25) is 0 Å². The summed E-state index contributed by atoms with van der Waals surface area (Å²) in [6, 6.07) is 7.92. The largest absolute Gasteiger partial charge is 0.573 e. The summed E-state index contributed by atoms with van der Waals surface area (Å²) in [5.41, 5.74) is 4.83. The number of aryl methyl sites for hydroxylation is 2. The first kappa shape index (κ1) is 31.6. The summed E-state index contributed by atoms with van der Waals surface area (Å²) in [5.74, 6) is 0.0827. The number of sulfone groups is 1. The molecule has 1 aliphatic heterocycles. The topological polar surface area (TPSA) is 85.5 Å². The molecule has 1 aromatic carbocycles. The van der Waals surface area contributed by atoms with Gasteiger partial charge in [0.15, 0.2) is 9.84 Å². The minimum Gasteiger partial charge on any atom is -0.406 e. The zero-order valence-corrected chi connectivity index (χ0v) is 27.0. The number of alkyl halides is 3. The summed E-state index contributed by atoms with van der Waals surface area (Å²) >= 11 is 0. The SMILES string of the molecule is CN(C)C1(c2cc(-c3ccc(OC(F)(F)F)cc3)nc3c2c(CCC(C)(C)N2CCS(=O)(=O)CC2)cn3-c2cnn(C)c2)CC1. The van der Waals surface area contributed by atoms with E-state index in [1.54, 1.807) is 23.0 Å². The Balaban J connectivity index is 1.46. The molecule has 0 amide bonds. The summed E-state index contributed by atoms with van der Waals surface area (Å²) in [6.45, 7) is 5.41. The number of fused-ring (bicyclic) bond motifs is 1. The average molecular weight is 645 g/mol. The van der Waals surface area contributed by atoms with Crippen LogP contribution in [0.5, 0.6) is 5.75 Å². The van der Waals surface area contributed by atoms with Gasteiger partial charge in [-0.25, -0.2) is 13.4 Å². The maximum Gasteiger partial charge on any atom is 0.573 e. The lowest BCUT2D eigenvalue weighted by atomic mass is 9.90. The first-order valence-electron chi connectivity index (χ1n) is 15.1. The Morgan fingerprint density at radius 1 is 1.04 bits per heavy atom. The molecule has 1 aliphatic carbocycles.